The highest BCUT2D eigenvalue weighted by atomic mass is 31.2. The standard InChI is InChI=1S/C74H144O17P2/c1-8-9-10-38-48-55-71(76)84-61-69(90-74(79)58-51-44-37-31-34-41-47-54-67(6)7)63-88-92(80,81)86-59-68(75)60-87-93(82,83)89-64-70(62-85-72(77)56-49-42-35-29-25-21-18-17-20-24-28-33-40-46-53-66(4)5)91-73(78)57-50-43-36-30-26-22-16-14-12-11-13-15-19-23-27-32-39-45-52-65(2)3/h65-70,75H,8-64H2,1-7H3,(H,80,81)(H,82,83)/t68-,69+,70+/m0/s1. The molecule has 0 spiro atoms. The molecule has 0 saturated heterocycles. The summed E-state index contributed by atoms with van der Waals surface area (Å²) < 4.78 is 68.2. The first-order chi connectivity index (χ1) is 44.7. The number of hydrogen-bond acceptors (Lipinski definition) is 15. The van der Waals surface area contributed by atoms with Gasteiger partial charge in [-0.25, -0.2) is 9.13 Å². The minimum absolute atomic E-state index is 0.102. The van der Waals surface area contributed by atoms with E-state index < -0.39 is 97.5 Å². The van der Waals surface area contributed by atoms with Crippen LogP contribution in [0.1, 0.15) is 376 Å². The molecule has 0 saturated carbocycles. The van der Waals surface area contributed by atoms with Crippen molar-refractivity contribution in [2.45, 2.75) is 394 Å². The predicted molar refractivity (Wildman–Crippen MR) is 377 cm³/mol. The van der Waals surface area contributed by atoms with E-state index >= 15 is 0 Å². The molecule has 0 heterocycles. The van der Waals surface area contributed by atoms with Crippen molar-refractivity contribution in [1.82, 2.24) is 0 Å². The maximum Gasteiger partial charge on any atom is 0.472 e. The zero-order valence-corrected chi connectivity index (χ0v) is 62.5. The van der Waals surface area contributed by atoms with E-state index in [1.54, 1.807) is 0 Å². The highest BCUT2D eigenvalue weighted by molar-refractivity contribution is 7.47. The average molecular weight is 1370 g/mol. The number of unbranched alkanes of at least 4 members (excludes halogenated alkanes) is 40. The summed E-state index contributed by atoms with van der Waals surface area (Å²) in [4.78, 5) is 72.4. The van der Waals surface area contributed by atoms with Gasteiger partial charge in [-0.1, -0.05) is 325 Å². The summed E-state index contributed by atoms with van der Waals surface area (Å²) in [5.41, 5.74) is 0. The van der Waals surface area contributed by atoms with Gasteiger partial charge in [0.15, 0.2) is 12.2 Å². The van der Waals surface area contributed by atoms with Gasteiger partial charge in [-0.3, -0.25) is 37.3 Å². The maximum absolute atomic E-state index is 13.1. The molecule has 17 nitrogen and oxygen atoms in total. The van der Waals surface area contributed by atoms with Crippen LogP contribution in [0.15, 0.2) is 0 Å². The zero-order valence-electron chi connectivity index (χ0n) is 60.7. The van der Waals surface area contributed by atoms with Crippen LogP contribution in [0.4, 0.5) is 0 Å². The number of hydrogen-bond donors (Lipinski definition) is 3. The molecule has 0 aromatic rings. The average Bonchev–Trinajstić information content (AvgIpc) is 3.67. The van der Waals surface area contributed by atoms with Gasteiger partial charge in [0.05, 0.1) is 26.4 Å². The minimum atomic E-state index is -4.95. The number of carbonyl (C=O) groups is 4. The summed E-state index contributed by atoms with van der Waals surface area (Å²) in [5, 5.41) is 10.6. The van der Waals surface area contributed by atoms with Crippen molar-refractivity contribution in [1.29, 1.82) is 0 Å². The quantitative estimate of drug-likeness (QED) is 0.0222. The van der Waals surface area contributed by atoms with Crippen molar-refractivity contribution >= 4 is 39.5 Å². The molecule has 0 bridgehead atoms. The number of phosphoric ester groups is 2. The summed E-state index contributed by atoms with van der Waals surface area (Å²) >= 11 is 0. The molecule has 0 aliphatic rings. The molecule has 0 fully saturated rings. The van der Waals surface area contributed by atoms with Crippen LogP contribution in [0.5, 0.6) is 0 Å². The third-order valence-corrected chi connectivity index (χ3v) is 19.0. The minimum Gasteiger partial charge on any atom is -0.462 e. The topological polar surface area (TPSA) is 237 Å². The Balaban J connectivity index is 5.12. The summed E-state index contributed by atoms with van der Waals surface area (Å²) in [5.74, 6) is 0.181. The van der Waals surface area contributed by atoms with Crippen LogP contribution in [0.3, 0.4) is 0 Å². The molecule has 5 atom stereocenters. The van der Waals surface area contributed by atoms with Crippen molar-refractivity contribution in [3.8, 4) is 0 Å². The largest absolute Gasteiger partial charge is 0.472 e. The van der Waals surface area contributed by atoms with E-state index in [0.29, 0.717) is 31.6 Å². The molecule has 3 N–H and O–H groups in total. The lowest BCUT2D eigenvalue weighted by atomic mass is 10.0. The van der Waals surface area contributed by atoms with Crippen LogP contribution in [-0.4, -0.2) is 96.7 Å². The van der Waals surface area contributed by atoms with Crippen LogP contribution >= 0.6 is 15.6 Å². The molecule has 0 radical (unpaired) electrons. The number of aliphatic hydroxyl groups is 1. The van der Waals surface area contributed by atoms with Gasteiger partial charge in [-0.2, -0.15) is 0 Å². The number of phosphoric acid groups is 2. The van der Waals surface area contributed by atoms with Gasteiger partial charge in [0.25, 0.3) is 0 Å². The third-order valence-electron chi connectivity index (χ3n) is 17.1. The number of ether oxygens (including phenoxy) is 4. The van der Waals surface area contributed by atoms with Crippen LogP contribution in [-0.2, 0) is 65.4 Å². The van der Waals surface area contributed by atoms with Crippen LogP contribution in [0.25, 0.3) is 0 Å². The molecule has 19 heteroatoms. The van der Waals surface area contributed by atoms with Gasteiger partial charge in [0, 0.05) is 25.7 Å². The second-order valence-corrected chi connectivity index (χ2v) is 31.0. The van der Waals surface area contributed by atoms with Gasteiger partial charge in [-0.15, -0.1) is 0 Å². The summed E-state index contributed by atoms with van der Waals surface area (Å²) in [6.45, 7) is 11.8. The molecule has 0 rings (SSSR count). The Morgan fingerprint density at radius 1 is 0.290 bits per heavy atom. The van der Waals surface area contributed by atoms with E-state index in [0.717, 1.165) is 108 Å². The lowest BCUT2D eigenvalue weighted by molar-refractivity contribution is -0.161. The number of aliphatic hydroxyl groups excluding tert-OH is 1. The molecule has 0 aromatic heterocycles. The van der Waals surface area contributed by atoms with E-state index in [-0.39, 0.29) is 25.7 Å². The molecule has 93 heavy (non-hydrogen) atoms. The summed E-state index contributed by atoms with van der Waals surface area (Å²) in [6, 6.07) is 0. The second-order valence-electron chi connectivity index (χ2n) is 28.1. The highest BCUT2D eigenvalue weighted by Gasteiger charge is 2.30. The Bertz CT molecular complexity index is 1820. The van der Waals surface area contributed by atoms with Crippen LogP contribution in [0, 0.1) is 17.8 Å². The van der Waals surface area contributed by atoms with Gasteiger partial charge in [0.1, 0.15) is 19.3 Å². The van der Waals surface area contributed by atoms with Gasteiger partial charge in [-0.05, 0) is 43.4 Å². The highest BCUT2D eigenvalue weighted by Crippen LogP contribution is 2.45. The Morgan fingerprint density at radius 3 is 0.731 bits per heavy atom. The van der Waals surface area contributed by atoms with E-state index in [1.165, 1.54) is 180 Å². The second kappa shape index (κ2) is 64.7. The Hall–Kier alpha value is -1.94. The van der Waals surface area contributed by atoms with E-state index in [9.17, 15) is 43.2 Å². The maximum atomic E-state index is 13.1. The number of carbonyl (C=O) groups excluding carboxylic acids is 4. The van der Waals surface area contributed by atoms with Crippen LogP contribution in [0.2, 0.25) is 0 Å². The van der Waals surface area contributed by atoms with Crippen molar-refractivity contribution in [3.63, 3.8) is 0 Å². The van der Waals surface area contributed by atoms with Crippen molar-refractivity contribution < 1.29 is 80.2 Å². The molecular formula is C74H144O17P2. The fourth-order valence-electron chi connectivity index (χ4n) is 11.2. The number of esters is 4. The fraction of sp³-hybridized carbons (Fsp3) is 0.946. The molecule has 2 unspecified atom stereocenters. The lowest BCUT2D eigenvalue weighted by Gasteiger charge is -2.21. The number of rotatable bonds is 72. The molecule has 552 valence electrons. The molecular weight excluding hydrogens is 1220 g/mol. The first-order valence-electron chi connectivity index (χ1n) is 38.3. The molecule has 0 amide bonds. The molecule has 0 aliphatic heterocycles. The Kier molecular flexibility index (Phi) is 63.4. The SMILES string of the molecule is CCCCCCCC(=O)OC[C@H](COP(=O)(O)OC[C@H](O)COP(=O)(O)OC[C@@H](COC(=O)CCCCCCCCCCCCCCCCC(C)C)OC(=O)CCCCCCCCCCCCCCCCCCCCC(C)C)OC(=O)CCCCCCCCCC(C)C. The van der Waals surface area contributed by atoms with Gasteiger partial charge < -0.3 is 33.8 Å². The fourth-order valence-corrected chi connectivity index (χ4v) is 12.8. The first kappa shape index (κ1) is 91.1. The Morgan fingerprint density at radius 2 is 0.495 bits per heavy atom. The van der Waals surface area contributed by atoms with Crippen molar-refractivity contribution in [2.24, 2.45) is 17.8 Å². The van der Waals surface area contributed by atoms with Gasteiger partial charge in [0.2, 0.25) is 0 Å². The first-order valence-corrected chi connectivity index (χ1v) is 41.3. The van der Waals surface area contributed by atoms with E-state index in [1.807, 2.05) is 0 Å². The van der Waals surface area contributed by atoms with Crippen molar-refractivity contribution in [3.05, 3.63) is 0 Å². The monoisotopic (exact) mass is 1370 g/mol. The predicted octanol–water partition coefficient (Wildman–Crippen LogP) is 21.4. The zero-order chi connectivity index (χ0) is 68.7. The van der Waals surface area contributed by atoms with E-state index in [2.05, 4.69) is 48.5 Å². The third kappa shape index (κ3) is 68.4. The van der Waals surface area contributed by atoms with E-state index in [4.69, 9.17) is 37.0 Å². The van der Waals surface area contributed by atoms with Crippen molar-refractivity contribution in [2.75, 3.05) is 39.6 Å². The smallest absolute Gasteiger partial charge is 0.462 e. The van der Waals surface area contributed by atoms with Crippen LogP contribution < -0.4 is 0 Å². The summed E-state index contributed by atoms with van der Waals surface area (Å²) in [7, 11) is -9.90. The summed E-state index contributed by atoms with van der Waals surface area (Å²) in [6.07, 6.45) is 50.6. The lowest BCUT2D eigenvalue weighted by Crippen LogP contribution is -2.30. The molecule has 0 aliphatic carbocycles. The van der Waals surface area contributed by atoms with Gasteiger partial charge >= 0.3 is 39.5 Å². The Labute approximate surface area is 568 Å². The molecule has 0 aromatic carbocycles. The normalized spacial score (nSPS) is 14.1.